The van der Waals surface area contributed by atoms with E-state index in [2.05, 4.69) is 5.43 Å². The van der Waals surface area contributed by atoms with Gasteiger partial charge in [0.25, 0.3) is 11.8 Å². The summed E-state index contributed by atoms with van der Waals surface area (Å²) in [6.45, 7) is 0. The van der Waals surface area contributed by atoms with Crippen LogP contribution in [-0.4, -0.2) is 40.9 Å². The molecule has 2 aliphatic heterocycles. The molecule has 17 heteroatoms. The van der Waals surface area contributed by atoms with Crippen LogP contribution < -0.4 is 15.1 Å². The second kappa shape index (κ2) is 13.6. The first kappa shape index (κ1) is 38.9. The number of alkyl halides is 6. The number of halogens is 8. The molecule has 300 valence electrons. The van der Waals surface area contributed by atoms with Crippen molar-refractivity contribution in [3.05, 3.63) is 130 Å². The van der Waals surface area contributed by atoms with E-state index in [1.807, 2.05) is 0 Å². The number of nitrogens with zero attached hydrogens (tertiary/aromatic N) is 2. The molecule has 0 unspecified atom stereocenters. The van der Waals surface area contributed by atoms with Gasteiger partial charge in [-0.25, -0.2) is 9.29 Å². The summed E-state index contributed by atoms with van der Waals surface area (Å²) in [6.07, 6.45) is -9.47. The Bertz CT molecular complexity index is 2390. The Labute approximate surface area is 329 Å². The topological polar surface area (TPSA) is 116 Å². The third-order valence-corrected chi connectivity index (χ3v) is 11.9. The maximum absolute atomic E-state index is 15.2. The van der Waals surface area contributed by atoms with Crippen molar-refractivity contribution < 1.29 is 59.8 Å². The minimum Gasteiger partial charge on any atom is -0.508 e. The monoisotopic (exact) mass is 827 g/mol. The fraction of sp³-hybridized carbons (Fsp3) is 0.268. The number of rotatable bonds is 6. The van der Waals surface area contributed by atoms with E-state index < -0.39 is 93.6 Å². The number of ether oxygens (including phenoxy) is 1. The van der Waals surface area contributed by atoms with Gasteiger partial charge in [0.1, 0.15) is 17.3 Å². The highest BCUT2D eigenvalue weighted by molar-refractivity contribution is 6.30. The molecule has 4 aliphatic rings. The lowest BCUT2D eigenvalue weighted by molar-refractivity contribution is -0.143. The van der Waals surface area contributed by atoms with Crippen LogP contribution in [0.25, 0.3) is 0 Å². The first-order valence-electron chi connectivity index (χ1n) is 17.8. The van der Waals surface area contributed by atoms with Crippen LogP contribution in [0.15, 0.2) is 96.6 Å². The average molecular weight is 828 g/mol. The lowest BCUT2D eigenvalue weighted by Gasteiger charge is -2.50. The largest absolute Gasteiger partial charge is 0.508 e. The smallest absolute Gasteiger partial charge is 0.416 e. The number of nitrogens with one attached hydrogen (secondary N) is 1. The van der Waals surface area contributed by atoms with Gasteiger partial charge in [-0.2, -0.15) is 31.4 Å². The second-order valence-corrected chi connectivity index (χ2v) is 15.0. The summed E-state index contributed by atoms with van der Waals surface area (Å²) in [5.41, 5.74) is -2.61. The van der Waals surface area contributed by atoms with Crippen molar-refractivity contribution in [1.29, 1.82) is 0 Å². The Morgan fingerprint density at radius 1 is 0.810 bits per heavy atom. The molecule has 1 saturated carbocycles. The third kappa shape index (κ3) is 5.98. The Morgan fingerprint density at radius 2 is 1.45 bits per heavy atom. The predicted octanol–water partition coefficient (Wildman–Crippen LogP) is 8.42. The van der Waals surface area contributed by atoms with Gasteiger partial charge in [-0.1, -0.05) is 41.4 Å². The summed E-state index contributed by atoms with van der Waals surface area (Å²) in [4.78, 5) is 58.9. The zero-order valence-electron chi connectivity index (χ0n) is 29.9. The van der Waals surface area contributed by atoms with Gasteiger partial charge in [0.2, 0.25) is 11.8 Å². The number of phenols is 1. The molecule has 3 fully saturated rings. The standard InChI is InChI=1S/C41H29ClF7N3O6/c1-58-26-10-11-28(32(53)17-26)34-27-12-13-29-33(37(56)51(35(29)54)25-15-20(40(44,45)46)14-21(16-25)41(47,48)49)30(27)18-31-36(55)52(50-24-8-6-23(43)7-9-24)38(57)39(31,34)19-2-4-22(42)5-3-19/h2-12,14-17,29-31,33-34,50,53H,13,18H2,1H3/t29-,30+,31-,33-,34+,39+/m0/s1. The zero-order chi connectivity index (χ0) is 41.6. The van der Waals surface area contributed by atoms with Gasteiger partial charge >= 0.3 is 12.4 Å². The minimum absolute atomic E-state index is 0.112. The van der Waals surface area contributed by atoms with Crippen molar-refractivity contribution >= 4 is 46.6 Å². The van der Waals surface area contributed by atoms with Crippen LogP contribution in [-0.2, 0) is 36.9 Å². The minimum atomic E-state index is -5.27. The van der Waals surface area contributed by atoms with Crippen LogP contribution in [0, 0.1) is 29.5 Å². The number of allylic oxidation sites excluding steroid dienone is 2. The van der Waals surface area contributed by atoms with Crippen LogP contribution in [0.5, 0.6) is 11.5 Å². The number of fused-ring (bicyclic) bond motifs is 4. The molecule has 2 N–H and O–H groups in total. The quantitative estimate of drug-likeness (QED) is 0.114. The van der Waals surface area contributed by atoms with Crippen LogP contribution in [0.3, 0.4) is 0 Å². The zero-order valence-corrected chi connectivity index (χ0v) is 30.6. The van der Waals surface area contributed by atoms with E-state index >= 15 is 4.79 Å². The lowest BCUT2D eigenvalue weighted by Crippen LogP contribution is -2.53. The number of hydrazine groups is 1. The average Bonchev–Trinajstić information content (AvgIpc) is 3.55. The predicted molar refractivity (Wildman–Crippen MR) is 193 cm³/mol. The van der Waals surface area contributed by atoms with Crippen LogP contribution in [0.1, 0.15) is 41.0 Å². The number of benzene rings is 4. The number of methoxy groups -OCH3 is 1. The van der Waals surface area contributed by atoms with Crippen LogP contribution in [0.4, 0.5) is 42.1 Å². The first-order valence-corrected chi connectivity index (χ1v) is 18.1. The van der Waals surface area contributed by atoms with Crippen LogP contribution in [0.2, 0.25) is 5.02 Å². The van der Waals surface area contributed by atoms with Crippen molar-refractivity contribution in [3.63, 3.8) is 0 Å². The number of imide groups is 2. The van der Waals surface area contributed by atoms with E-state index in [4.69, 9.17) is 16.3 Å². The van der Waals surface area contributed by atoms with Crippen molar-refractivity contribution in [2.75, 3.05) is 17.4 Å². The van der Waals surface area contributed by atoms with E-state index in [0.717, 1.165) is 17.1 Å². The van der Waals surface area contributed by atoms with Crippen molar-refractivity contribution in [2.24, 2.45) is 23.7 Å². The highest BCUT2D eigenvalue weighted by Gasteiger charge is 2.70. The van der Waals surface area contributed by atoms with E-state index in [1.54, 1.807) is 18.2 Å². The van der Waals surface area contributed by atoms with Gasteiger partial charge in [-0.3, -0.25) is 24.6 Å². The van der Waals surface area contributed by atoms with Gasteiger partial charge in [0.15, 0.2) is 0 Å². The molecular weight excluding hydrogens is 799 g/mol. The van der Waals surface area contributed by atoms with Gasteiger partial charge in [0, 0.05) is 22.6 Å². The third-order valence-electron chi connectivity index (χ3n) is 11.6. The summed E-state index contributed by atoms with van der Waals surface area (Å²) in [7, 11) is 1.36. The summed E-state index contributed by atoms with van der Waals surface area (Å²) in [5.74, 6) is -10.8. The molecule has 58 heavy (non-hydrogen) atoms. The number of aromatic hydroxyl groups is 1. The Morgan fingerprint density at radius 3 is 2.03 bits per heavy atom. The molecule has 2 heterocycles. The molecule has 4 aromatic rings. The molecule has 4 amide bonds. The molecule has 8 rings (SSSR count). The lowest BCUT2D eigenvalue weighted by atomic mass is 9.49. The molecule has 9 nitrogen and oxygen atoms in total. The number of hydrogen-bond donors (Lipinski definition) is 2. The Kier molecular flexibility index (Phi) is 9.14. The van der Waals surface area contributed by atoms with E-state index in [1.165, 1.54) is 49.6 Å². The van der Waals surface area contributed by atoms with Crippen molar-refractivity contribution in [3.8, 4) is 11.5 Å². The number of amides is 4. The Balaban J connectivity index is 1.31. The molecule has 2 aliphatic carbocycles. The Hall–Kier alpha value is -5.90. The van der Waals surface area contributed by atoms with E-state index in [9.17, 15) is 50.2 Å². The second-order valence-electron chi connectivity index (χ2n) is 14.6. The summed E-state index contributed by atoms with van der Waals surface area (Å²) in [5, 5.41) is 12.7. The van der Waals surface area contributed by atoms with Gasteiger partial charge < -0.3 is 9.84 Å². The molecule has 0 radical (unpaired) electrons. The number of carbonyl (C=O) groups is 4. The molecule has 0 aromatic heterocycles. The van der Waals surface area contributed by atoms with Crippen molar-refractivity contribution in [2.45, 2.75) is 36.5 Å². The maximum atomic E-state index is 15.2. The summed E-state index contributed by atoms with van der Waals surface area (Å²) < 4.78 is 103. The molecule has 4 aromatic carbocycles. The molecular formula is C41H29ClF7N3O6. The molecule has 0 bridgehead atoms. The summed E-state index contributed by atoms with van der Waals surface area (Å²) in [6, 6.07) is 15.6. The molecule has 2 saturated heterocycles. The van der Waals surface area contributed by atoms with Crippen LogP contribution >= 0.6 is 11.6 Å². The molecule has 6 atom stereocenters. The normalized spacial score (nSPS) is 25.7. The maximum Gasteiger partial charge on any atom is 0.416 e. The highest BCUT2D eigenvalue weighted by atomic mass is 35.5. The number of phenolic OH excluding ortho intramolecular Hbond substituents is 1. The molecule has 0 spiro atoms. The van der Waals surface area contributed by atoms with Gasteiger partial charge in [-0.15, -0.1) is 0 Å². The first-order chi connectivity index (χ1) is 27.4. The fourth-order valence-electron chi connectivity index (χ4n) is 9.22. The van der Waals surface area contributed by atoms with Gasteiger partial charge in [0.05, 0.1) is 52.8 Å². The van der Waals surface area contributed by atoms with Crippen molar-refractivity contribution in [1.82, 2.24) is 5.01 Å². The number of anilines is 2. The highest BCUT2D eigenvalue weighted by Crippen LogP contribution is 2.65. The fourth-order valence-corrected chi connectivity index (χ4v) is 9.34. The number of hydrogen-bond acceptors (Lipinski definition) is 7. The van der Waals surface area contributed by atoms with E-state index in [0.29, 0.717) is 22.6 Å². The van der Waals surface area contributed by atoms with E-state index in [-0.39, 0.29) is 52.2 Å². The van der Waals surface area contributed by atoms with Gasteiger partial charge in [-0.05, 0) is 85.0 Å². The summed E-state index contributed by atoms with van der Waals surface area (Å²) >= 11 is 6.28. The SMILES string of the molecule is COc1ccc([C@H]2C3=CC[C@@H]4C(=O)N(c5cc(C(F)(F)F)cc(C(F)(F)F)c5)C(=O)[C@@H]4[C@@H]3C[C@H]3C(=O)N(Nc4ccc(F)cc4)C(=O)[C@@]23c2ccc(Cl)cc2)c(O)c1. The number of carbonyl (C=O) groups excluding carboxylic acids is 4.